The van der Waals surface area contributed by atoms with Crippen LogP contribution in [-0.2, 0) is 19.1 Å². The summed E-state index contributed by atoms with van der Waals surface area (Å²) in [4.78, 5) is 8.87. The molecule has 1 aliphatic heterocycles. The molecule has 0 saturated carbocycles. The highest BCUT2D eigenvalue weighted by Crippen LogP contribution is 2.37. The summed E-state index contributed by atoms with van der Waals surface area (Å²) in [6.07, 6.45) is 0.640. The molecule has 0 radical (unpaired) electrons. The number of hydrogen-bond acceptors (Lipinski definition) is 4. The Morgan fingerprint density at radius 3 is 2.69 bits per heavy atom. The van der Waals surface area contributed by atoms with Gasteiger partial charge in [0.1, 0.15) is 17.4 Å². The average Bonchev–Trinajstić information content (AvgIpc) is 3.44. The minimum absolute atomic E-state index is 0.00127. The van der Waals surface area contributed by atoms with E-state index in [1.807, 2.05) is 35.9 Å². The van der Waals surface area contributed by atoms with E-state index in [1.165, 1.54) is 0 Å². The SMILES string of the molecule is COc1cc(Cc2nc3n(n2)CCCC3c2cc(C(F)(F)F)ccc2F)ccc1-n1cnc(C)c1. The molecule has 0 fully saturated rings. The van der Waals surface area contributed by atoms with E-state index in [4.69, 9.17) is 4.74 Å². The Morgan fingerprint density at radius 2 is 1.97 bits per heavy atom. The number of hydrogen-bond donors (Lipinski definition) is 0. The maximum Gasteiger partial charge on any atom is 0.416 e. The van der Waals surface area contributed by atoms with Gasteiger partial charge >= 0.3 is 6.18 Å². The summed E-state index contributed by atoms with van der Waals surface area (Å²) in [5.74, 6) is 0.409. The molecule has 1 atom stereocenters. The quantitative estimate of drug-likeness (QED) is 0.353. The number of ether oxygens (including phenoxy) is 1. The molecule has 2 aromatic heterocycles. The highest BCUT2D eigenvalue weighted by molar-refractivity contribution is 5.49. The van der Waals surface area contributed by atoms with Crippen LogP contribution in [0.1, 0.15) is 52.8 Å². The Balaban J connectivity index is 1.44. The zero-order valence-corrected chi connectivity index (χ0v) is 19.2. The van der Waals surface area contributed by atoms with Gasteiger partial charge in [0.2, 0.25) is 0 Å². The number of imidazole rings is 1. The van der Waals surface area contributed by atoms with Crippen LogP contribution in [-0.4, -0.2) is 31.4 Å². The molecule has 5 rings (SSSR count). The largest absolute Gasteiger partial charge is 0.495 e. The van der Waals surface area contributed by atoms with Crippen LogP contribution in [0.25, 0.3) is 5.69 Å². The van der Waals surface area contributed by atoms with Crippen LogP contribution >= 0.6 is 0 Å². The Kier molecular flexibility index (Phi) is 5.82. The van der Waals surface area contributed by atoms with Crippen LogP contribution < -0.4 is 4.74 Å². The molecule has 0 aliphatic carbocycles. The van der Waals surface area contributed by atoms with Crippen molar-refractivity contribution in [1.29, 1.82) is 0 Å². The van der Waals surface area contributed by atoms with Gasteiger partial charge in [-0.3, -0.25) is 0 Å². The van der Waals surface area contributed by atoms with Crippen LogP contribution in [0, 0.1) is 12.7 Å². The van der Waals surface area contributed by atoms with Crippen LogP contribution in [0.3, 0.4) is 0 Å². The first-order valence-corrected chi connectivity index (χ1v) is 11.2. The summed E-state index contributed by atoms with van der Waals surface area (Å²) in [5, 5.41) is 4.57. The van der Waals surface area contributed by atoms with E-state index in [1.54, 1.807) is 18.1 Å². The fourth-order valence-electron chi connectivity index (χ4n) is 4.54. The second kappa shape index (κ2) is 8.83. The van der Waals surface area contributed by atoms with Crippen molar-refractivity contribution in [2.75, 3.05) is 7.11 Å². The minimum Gasteiger partial charge on any atom is -0.495 e. The van der Waals surface area contributed by atoms with Crippen LogP contribution in [0.15, 0.2) is 48.9 Å². The van der Waals surface area contributed by atoms with Gasteiger partial charge in [-0.05, 0) is 61.2 Å². The van der Waals surface area contributed by atoms with Gasteiger partial charge in [0.05, 0.1) is 30.4 Å². The van der Waals surface area contributed by atoms with Gasteiger partial charge in [0.15, 0.2) is 5.82 Å². The van der Waals surface area contributed by atoms with Gasteiger partial charge in [-0.2, -0.15) is 18.3 Å². The summed E-state index contributed by atoms with van der Waals surface area (Å²) in [6.45, 7) is 2.49. The molecule has 1 aliphatic rings. The lowest BCUT2D eigenvalue weighted by molar-refractivity contribution is -0.137. The van der Waals surface area contributed by atoms with Crippen molar-refractivity contribution in [2.45, 2.75) is 44.8 Å². The third-order valence-corrected chi connectivity index (χ3v) is 6.21. The van der Waals surface area contributed by atoms with Gasteiger partial charge < -0.3 is 9.30 Å². The van der Waals surface area contributed by atoms with Crippen molar-refractivity contribution >= 4 is 0 Å². The van der Waals surface area contributed by atoms with Crippen molar-refractivity contribution < 1.29 is 22.3 Å². The molecular weight excluding hydrogens is 462 g/mol. The number of alkyl halides is 3. The van der Waals surface area contributed by atoms with Crippen molar-refractivity contribution in [2.24, 2.45) is 0 Å². The molecule has 3 heterocycles. The summed E-state index contributed by atoms with van der Waals surface area (Å²) in [7, 11) is 1.59. The molecule has 0 amide bonds. The number of rotatable bonds is 5. The number of fused-ring (bicyclic) bond motifs is 1. The Labute approximate surface area is 199 Å². The van der Waals surface area contributed by atoms with Crippen molar-refractivity contribution in [3.05, 3.63) is 88.8 Å². The zero-order chi connectivity index (χ0) is 24.7. The lowest BCUT2D eigenvalue weighted by Gasteiger charge is -2.23. The second-order valence-corrected chi connectivity index (χ2v) is 8.64. The maximum absolute atomic E-state index is 14.6. The summed E-state index contributed by atoms with van der Waals surface area (Å²) in [5.41, 5.74) is 1.77. The smallest absolute Gasteiger partial charge is 0.416 e. The average molecular weight is 485 g/mol. The first-order valence-electron chi connectivity index (χ1n) is 11.2. The summed E-state index contributed by atoms with van der Waals surface area (Å²) >= 11 is 0. The first-order chi connectivity index (χ1) is 16.7. The van der Waals surface area contributed by atoms with Crippen LogP contribution in [0.5, 0.6) is 5.75 Å². The second-order valence-electron chi connectivity index (χ2n) is 8.64. The third kappa shape index (κ3) is 4.52. The number of benzene rings is 2. The lowest BCUT2D eigenvalue weighted by atomic mass is 9.89. The van der Waals surface area contributed by atoms with Crippen molar-refractivity contribution in [3.63, 3.8) is 0 Å². The predicted molar refractivity (Wildman–Crippen MR) is 120 cm³/mol. The zero-order valence-electron chi connectivity index (χ0n) is 19.2. The Morgan fingerprint density at radius 1 is 1.14 bits per heavy atom. The fraction of sp³-hybridized carbons (Fsp3) is 0.320. The first kappa shape index (κ1) is 23.1. The predicted octanol–water partition coefficient (Wildman–Crippen LogP) is 5.46. The van der Waals surface area contributed by atoms with Crippen LogP contribution in [0.2, 0.25) is 0 Å². The molecule has 6 nitrogen and oxygen atoms in total. The summed E-state index contributed by atoms with van der Waals surface area (Å²) in [6, 6.07) is 8.30. The highest BCUT2D eigenvalue weighted by atomic mass is 19.4. The molecule has 2 aromatic carbocycles. The molecule has 10 heteroatoms. The molecule has 0 N–H and O–H groups in total. The van der Waals surface area contributed by atoms with E-state index >= 15 is 0 Å². The van der Waals surface area contributed by atoms with E-state index < -0.39 is 23.5 Å². The maximum atomic E-state index is 14.6. The lowest BCUT2D eigenvalue weighted by Crippen LogP contribution is -2.19. The number of methoxy groups -OCH3 is 1. The molecule has 0 bridgehead atoms. The van der Waals surface area contributed by atoms with Crippen LogP contribution in [0.4, 0.5) is 17.6 Å². The Bertz CT molecular complexity index is 1370. The molecule has 0 saturated heterocycles. The third-order valence-electron chi connectivity index (χ3n) is 6.21. The van der Waals surface area contributed by atoms with Crippen molar-refractivity contribution in [1.82, 2.24) is 24.3 Å². The van der Waals surface area contributed by atoms with E-state index in [9.17, 15) is 17.6 Å². The molecular formula is C25H23F4N5O. The van der Waals surface area contributed by atoms with Crippen molar-refractivity contribution in [3.8, 4) is 11.4 Å². The number of halogens is 4. The number of nitrogens with zero attached hydrogens (tertiary/aromatic N) is 5. The van der Waals surface area contributed by atoms with E-state index in [2.05, 4.69) is 15.1 Å². The fourth-order valence-corrected chi connectivity index (χ4v) is 4.54. The van der Waals surface area contributed by atoms with Gasteiger partial charge in [-0.1, -0.05) is 6.07 Å². The van der Waals surface area contributed by atoms with Gasteiger partial charge in [-0.15, -0.1) is 0 Å². The molecule has 4 aromatic rings. The highest BCUT2D eigenvalue weighted by Gasteiger charge is 2.34. The van der Waals surface area contributed by atoms with E-state index in [0.717, 1.165) is 35.1 Å². The number of aryl methyl sites for hydroxylation is 2. The topological polar surface area (TPSA) is 57.8 Å². The standard InChI is InChI=1S/C25H23F4N5O/c1-15-13-33(14-30-15)21-8-5-16(10-22(21)35-2)11-23-31-24-18(4-3-9-34(24)32-23)19-12-17(25(27,28)29)6-7-20(19)26/h5-8,10,12-14,18H,3-4,9,11H2,1-2H3. The van der Waals surface area contributed by atoms with Gasteiger partial charge in [-0.25, -0.2) is 19.0 Å². The minimum atomic E-state index is -4.55. The Hall–Kier alpha value is -3.69. The van der Waals surface area contributed by atoms with Gasteiger partial charge in [0.25, 0.3) is 0 Å². The molecule has 182 valence electrons. The normalized spacial score (nSPS) is 15.8. The molecule has 35 heavy (non-hydrogen) atoms. The number of aromatic nitrogens is 5. The summed E-state index contributed by atoms with van der Waals surface area (Å²) < 4.78 is 63.4. The molecule has 1 unspecified atom stereocenters. The van der Waals surface area contributed by atoms with E-state index in [0.29, 0.717) is 43.2 Å². The van der Waals surface area contributed by atoms with E-state index in [-0.39, 0.29) is 5.56 Å². The molecule has 0 spiro atoms. The van der Waals surface area contributed by atoms with Gasteiger partial charge in [0, 0.05) is 25.1 Å². The monoisotopic (exact) mass is 485 g/mol.